The smallest absolute Gasteiger partial charge is 0.342 e. The summed E-state index contributed by atoms with van der Waals surface area (Å²) in [6, 6.07) is 18.7. The molecule has 0 saturated heterocycles. The van der Waals surface area contributed by atoms with Gasteiger partial charge in [-0.2, -0.15) is 5.10 Å². The fraction of sp³-hybridized carbons (Fsp3) is 0.154. The van der Waals surface area contributed by atoms with Crippen molar-refractivity contribution in [3.05, 3.63) is 94.9 Å². The van der Waals surface area contributed by atoms with Crippen LogP contribution in [0.3, 0.4) is 0 Å². The zero-order valence-corrected chi connectivity index (χ0v) is 18.6. The molecule has 1 N–H and O–H groups in total. The van der Waals surface area contributed by atoms with Crippen LogP contribution < -0.4 is 0 Å². The van der Waals surface area contributed by atoms with Crippen LogP contribution in [0.2, 0.25) is 0 Å². The molecule has 0 fully saturated rings. The number of benzene rings is 2. The maximum absolute atomic E-state index is 13.0. The Labute approximate surface area is 191 Å². The van der Waals surface area contributed by atoms with Gasteiger partial charge in [-0.1, -0.05) is 48.5 Å². The first-order chi connectivity index (χ1) is 15.9. The van der Waals surface area contributed by atoms with Gasteiger partial charge in [-0.15, -0.1) is 0 Å². The van der Waals surface area contributed by atoms with Crippen molar-refractivity contribution in [1.82, 2.24) is 14.8 Å². The van der Waals surface area contributed by atoms with Crippen LogP contribution in [0.1, 0.15) is 49.4 Å². The number of aromatic nitrogens is 3. The normalized spacial score (nSPS) is 10.8. The van der Waals surface area contributed by atoms with Crippen molar-refractivity contribution < 1.29 is 19.1 Å². The number of esters is 1. The standard InChI is InChI=1S/C26H23N3O4/c1-16-23(18(3)30)17(2)27-24(16)22(31)15-33-26(32)21-14-29(20-12-8-5-9-13-20)28-25(21)19-10-6-4-7-11-19/h4-14,27H,15H2,1-3H3. The Hall–Kier alpha value is -4.26. The zero-order valence-electron chi connectivity index (χ0n) is 18.6. The molecule has 0 aliphatic rings. The highest BCUT2D eigenvalue weighted by atomic mass is 16.5. The minimum atomic E-state index is -0.655. The van der Waals surface area contributed by atoms with Gasteiger partial charge in [0, 0.05) is 23.0 Å². The average Bonchev–Trinajstić information content (AvgIpc) is 3.39. The van der Waals surface area contributed by atoms with Gasteiger partial charge >= 0.3 is 5.97 Å². The minimum absolute atomic E-state index is 0.127. The molecular formula is C26H23N3O4. The highest BCUT2D eigenvalue weighted by Gasteiger charge is 2.23. The van der Waals surface area contributed by atoms with Gasteiger partial charge in [0.15, 0.2) is 12.4 Å². The Morgan fingerprint density at radius 2 is 1.61 bits per heavy atom. The molecule has 0 saturated carbocycles. The van der Waals surface area contributed by atoms with Crippen LogP contribution in [0.15, 0.2) is 66.9 Å². The summed E-state index contributed by atoms with van der Waals surface area (Å²) in [4.78, 5) is 40.5. The first kappa shape index (κ1) is 22.0. The topological polar surface area (TPSA) is 94.0 Å². The van der Waals surface area contributed by atoms with E-state index in [1.165, 1.54) is 6.92 Å². The largest absolute Gasteiger partial charge is 0.454 e. The number of nitrogens with one attached hydrogen (secondary N) is 1. The summed E-state index contributed by atoms with van der Waals surface area (Å²) in [6.07, 6.45) is 1.60. The van der Waals surface area contributed by atoms with E-state index < -0.39 is 18.4 Å². The third-order valence-corrected chi connectivity index (χ3v) is 5.40. The molecule has 7 nitrogen and oxygen atoms in total. The molecule has 0 amide bonds. The number of ketones is 2. The highest BCUT2D eigenvalue weighted by molar-refractivity contribution is 6.05. The molecule has 4 aromatic rings. The molecule has 0 unspecified atom stereocenters. The number of hydrogen-bond acceptors (Lipinski definition) is 5. The van der Waals surface area contributed by atoms with E-state index >= 15 is 0 Å². The molecular weight excluding hydrogens is 418 g/mol. The summed E-state index contributed by atoms with van der Waals surface area (Å²) in [7, 11) is 0. The first-order valence-electron chi connectivity index (χ1n) is 10.5. The van der Waals surface area contributed by atoms with Crippen LogP contribution >= 0.6 is 0 Å². The lowest BCUT2D eigenvalue weighted by atomic mass is 10.1. The maximum atomic E-state index is 13.0. The molecule has 2 aromatic carbocycles. The predicted octanol–water partition coefficient (Wildman–Crippen LogP) is 4.73. The van der Waals surface area contributed by atoms with Crippen LogP contribution in [0.5, 0.6) is 0 Å². The number of Topliss-reactive ketones (excluding diaryl/α,β-unsaturated/α-hetero) is 2. The fourth-order valence-corrected chi connectivity index (χ4v) is 3.88. The van der Waals surface area contributed by atoms with Crippen molar-refractivity contribution in [2.24, 2.45) is 0 Å². The van der Waals surface area contributed by atoms with Crippen molar-refractivity contribution in [3.8, 4) is 16.9 Å². The van der Waals surface area contributed by atoms with E-state index in [4.69, 9.17) is 4.74 Å². The van der Waals surface area contributed by atoms with Gasteiger partial charge in [0.1, 0.15) is 11.3 Å². The van der Waals surface area contributed by atoms with E-state index in [0.717, 1.165) is 11.3 Å². The number of ether oxygens (including phenoxy) is 1. The first-order valence-corrected chi connectivity index (χ1v) is 10.5. The van der Waals surface area contributed by atoms with Gasteiger partial charge in [0.05, 0.1) is 11.4 Å². The van der Waals surface area contributed by atoms with E-state index in [2.05, 4.69) is 10.1 Å². The summed E-state index contributed by atoms with van der Waals surface area (Å²) >= 11 is 0. The minimum Gasteiger partial charge on any atom is -0.454 e. The second kappa shape index (κ2) is 9.08. The maximum Gasteiger partial charge on any atom is 0.342 e. The van der Waals surface area contributed by atoms with Crippen LogP contribution in [-0.2, 0) is 4.74 Å². The Morgan fingerprint density at radius 3 is 2.21 bits per heavy atom. The van der Waals surface area contributed by atoms with Gasteiger partial charge in [0.25, 0.3) is 0 Å². The highest BCUT2D eigenvalue weighted by Crippen LogP contribution is 2.25. The summed E-state index contributed by atoms with van der Waals surface area (Å²) < 4.78 is 6.98. The number of aryl methyl sites for hydroxylation is 1. The van der Waals surface area contributed by atoms with Crippen LogP contribution in [0.25, 0.3) is 16.9 Å². The summed E-state index contributed by atoms with van der Waals surface area (Å²) in [5.74, 6) is -1.19. The van der Waals surface area contributed by atoms with Crippen molar-refractivity contribution >= 4 is 17.5 Å². The molecule has 4 rings (SSSR count). The number of rotatable bonds is 7. The van der Waals surface area contributed by atoms with Gasteiger partial charge in [-0.05, 0) is 38.5 Å². The van der Waals surface area contributed by atoms with Crippen LogP contribution in [0, 0.1) is 13.8 Å². The van der Waals surface area contributed by atoms with E-state index in [1.54, 1.807) is 24.7 Å². The quantitative estimate of drug-likeness (QED) is 0.331. The molecule has 7 heteroatoms. The third kappa shape index (κ3) is 4.39. The van der Waals surface area contributed by atoms with E-state index in [-0.39, 0.29) is 17.0 Å². The third-order valence-electron chi connectivity index (χ3n) is 5.40. The molecule has 0 atom stereocenters. The SMILES string of the molecule is CC(=O)c1c(C)[nH]c(C(=O)COC(=O)c2cn(-c3ccccc3)nc2-c2ccccc2)c1C. The Bertz CT molecular complexity index is 1330. The number of nitrogens with zero attached hydrogens (tertiary/aromatic N) is 2. The molecule has 166 valence electrons. The molecule has 2 heterocycles. The lowest BCUT2D eigenvalue weighted by Crippen LogP contribution is -2.15. The number of carbonyl (C=O) groups excluding carboxylic acids is 3. The monoisotopic (exact) mass is 441 g/mol. The van der Waals surface area contributed by atoms with Crippen molar-refractivity contribution in [2.45, 2.75) is 20.8 Å². The molecule has 0 aliphatic carbocycles. The number of H-pyrrole nitrogens is 1. The second-order valence-corrected chi connectivity index (χ2v) is 7.72. The summed E-state index contributed by atoms with van der Waals surface area (Å²) in [6.45, 7) is 4.43. The zero-order chi connectivity index (χ0) is 23.5. The van der Waals surface area contributed by atoms with Crippen molar-refractivity contribution in [1.29, 1.82) is 0 Å². The van der Waals surface area contributed by atoms with Crippen molar-refractivity contribution in [2.75, 3.05) is 6.61 Å². The van der Waals surface area contributed by atoms with Gasteiger partial charge < -0.3 is 9.72 Å². The molecule has 0 spiro atoms. The Balaban J connectivity index is 1.60. The van der Waals surface area contributed by atoms with Gasteiger partial charge in [-0.25, -0.2) is 9.48 Å². The van der Waals surface area contributed by atoms with Crippen molar-refractivity contribution in [3.63, 3.8) is 0 Å². The number of aromatic amines is 1. The van der Waals surface area contributed by atoms with E-state index in [9.17, 15) is 14.4 Å². The van der Waals surface area contributed by atoms with E-state index in [0.29, 0.717) is 22.5 Å². The van der Waals surface area contributed by atoms with Crippen LogP contribution in [0.4, 0.5) is 0 Å². The number of para-hydroxylation sites is 1. The summed E-state index contributed by atoms with van der Waals surface area (Å²) in [5.41, 5.74) is 4.19. The number of hydrogen-bond donors (Lipinski definition) is 1. The predicted molar refractivity (Wildman–Crippen MR) is 124 cm³/mol. The van der Waals surface area contributed by atoms with Gasteiger partial charge in [0.2, 0.25) is 5.78 Å². The summed E-state index contributed by atoms with van der Waals surface area (Å²) in [5, 5.41) is 4.59. The van der Waals surface area contributed by atoms with E-state index in [1.807, 2.05) is 60.7 Å². The Kier molecular flexibility index (Phi) is 6.04. The van der Waals surface area contributed by atoms with Gasteiger partial charge in [-0.3, -0.25) is 9.59 Å². The molecule has 33 heavy (non-hydrogen) atoms. The molecule has 0 aliphatic heterocycles. The second-order valence-electron chi connectivity index (χ2n) is 7.72. The number of carbonyl (C=O) groups is 3. The molecule has 0 bridgehead atoms. The fourth-order valence-electron chi connectivity index (χ4n) is 3.88. The molecule has 2 aromatic heterocycles. The van der Waals surface area contributed by atoms with Crippen LogP contribution in [-0.4, -0.2) is 38.9 Å². The lowest BCUT2D eigenvalue weighted by Gasteiger charge is -2.05. The lowest BCUT2D eigenvalue weighted by molar-refractivity contribution is 0.0474. The average molecular weight is 441 g/mol. The Morgan fingerprint density at radius 1 is 0.970 bits per heavy atom. The molecule has 0 radical (unpaired) electrons.